The lowest BCUT2D eigenvalue weighted by Crippen LogP contribution is -2.50. The molecule has 2 amide bonds. The first-order valence-corrected chi connectivity index (χ1v) is 10.9. The smallest absolute Gasteiger partial charge is 0.261 e. The molecular weight excluding hydrogens is 392 g/mol. The number of aryl methyl sites for hydroxylation is 1. The topological polar surface area (TPSA) is 67.9 Å². The predicted octanol–water partition coefficient (Wildman–Crippen LogP) is 4.11. The van der Waals surface area contributed by atoms with Gasteiger partial charge < -0.3 is 19.7 Å². The lowest BCUT2D eigenvalue weighted by molar-refractivity contribution is -0.143. The molecule has 2 aromatic rings. The Hall–Kier alpha value is -3.02. The molecule has 0 saturated heterocycles. The summed E-state index contributed by atoms with van der Waals surface area (Å²) >= 11 is 0. The van der Waals surface area contributed by atoms with E-state index < -0.39 is 6.04 Å². The summed E-state index contributed by atoms with van der Waals surface area (Å²) in [6.07, 6.45) is 2.41. The average Bonchev–Trinajstić information content (AvgIpc) is 2.78. The van der Waals surface area contributed by atoms with Crippen molar-refractivity contribution in [1.82, 2.24) is 10.2 Å². The number of rotatable bonds is 12. The highest BCUT2D eigenvalue weighted by Crippen LogP contribution is 2.18. The number of amides is 2. The zero-order valence-electron chi connectivity index (χ0n) is 19.0. The molecule has 0 saturated carbocycles. The van der Waals surface area contributed by atoms with Gasteiger partial charge in [-0.1, -0.05) is 50.1 Å². The Morgan fingerprint density at radius 1 is 1.06 bits per heavy atom. The molecule has 0 aliphatic carbocycles. The van der Waals surface area contributed by atoms with Crippen molar-refractivity contribution in [3.8, 4) is 11.5 Å². The van der Waals surface area contributed by atoms with Crippen LogP contribution in [0.2, 0.25) is 0 Å². The highest BCUT2D eigenvalue weighted by molar-refractivity contribution is 5.88. The Balaban J connectivity index is 2.18. The van der Waals surface area contributed by atoms with E-state index in [4.69, 9.17) is 9.47 Å². The third kappa shape index (κ3) is 7.63. The summed E-state index contributed by atoms with van der Waals surface area (Å²) in [4.78, 5) is 27.6. The molecule has 2 rings (SSSR count). The van der Waals surface area contributed by atoms with Gasteiger partial charge in [-0.2, -0.15) is 0 Å². The van der Waals surface area contributed by atoms with Gasteiger partial charge in [-0.3, -0.25) is 9.59 Å². The van der Waals surface area contributed by atoms with E-state index in [-0.39, 0.29) is 18.4 Å². The number of unbranched alkanes of at least 4 members (excludes halogenated alkanes) is 1. The van der Waals surface area contributed by atoms with Crippen LogP contribution in [-0.4, -0.2) is 43.0 Å². The zero-order chi connectivity index (χ0) is 22.6. The van der Waals surface area contributed by atoms with Crippen molar-refractivity contribution in [1.29, 1.82) is 0 Å². The lowest BCUT2D eigenvalue weighted by atomic mass is 10.1. The molecule has 1 atom stereocenters. The Morgan fingerprint density at radius 3 is 2.45 bits per heavy atom. The monoisotopic (exact) mass is 426 g/mol. The summed E-state index contributed by atoms with van der Waals surface area (Å²) in [7, 11) is 1.60. The third-order valence-corrected chi connectivity index (χ3v) is 5.09. The molecule has 1 unspecified atom stereocenters. The van der Waals surface area contributed by atoms with E-state index in [1.165, 1.54) is 0 Å². The molecule has 0 radical (unpaired) electrons. The van der Waals surface area contributed by atoms with Gasteiger partial charge in [0.1, 0.15) is 17.5 Å². The standard InChI is InChI=1S/C25H34N2O4/c1-5-7-15-26-25(29)23(6-2)27(17-20-9-8-10-22(16-20)30-4)24(28)18-31-21-13-11-19(3)12-14-21/h8-14,16,23H,5-7,15,17-18H2,1-4H3,(H,26,29). The minimum atomic E-state index is -0.572. The predicted molar refractivity (Wildman–Crippen MR) is 122 cm³/mol. The van der Waals surface area contributed by atoms with Crippen molar-refractivity contribution in [2.24, 2.45) is 0 Å². The van der Waals surface area contributed by atoms with Gasteiger partial charge in [0, 0.05) is 13.1 Å². The number of nitrogens with one attached hydrogen (secondary N) is 1. The van der Waals surface area contributed by atoms with Crippen LogP contribution in [0.4, 0.5) is 0 Å². The number of carbonyl (C=O) groups is 2. The minimum absolute atomic E-state index is 0.133. The Morgan fingerprint density at radius 2 is 1.81 bits per heavy atom. The molecule has 0 spiro atoms. The van der Waals surface area contributed by atoms with Gasteiger partial charge in [-0.05, 0) is 49.6 Å². The van der Waals surface area contributed by atoms with Crippen molar-refractivity contribution in [2.75, 3.05) is 20.3 Å². The molecule has 168 valence electrons. The highest BCUT2D eigenvalue weighted by atomic mass is 16.5. The fourth-order valence-corrected chi connectivity index (χ4v) is 3.26. The van der Waals surface area contributed by atoms with Crippen molar-refractivity contribution in [3.63, 3.8) is 0 Å². The maximum Gasteiger partial charge on any atom is 0.261 e. The van der Waals surface area contributed by atoms with Crippen molar-refractivity contribution in [2.45, 2.75) is 52.6 Å². The van der Waals surface area contributed by atoms with Crippen LogP contribution in [0.3, 0.4) is 0 Å². The van der Waals surface area contributed by atoms with Crippen LogP contribution in [0, 0.1) is 6.92 Å². The molecule has 0 aliphatic heterocycles. The van der Waals surface area contributed by atoms with Gasteiger partial charge in [0.05, 0.1) is 7.11 Å². The molecule has 2 aromatic carbocycles. The molecular formula is C25H34N2O4. The van der Waals surface area contributed by atoms with Gasteiger partial charge in [-0.15, -0.1) is 0 Å². The Bertz CT molecular complexity index is 836. The van der Waals surface area contributed by atoms with E-state index >= 15 is 0 Å². The molecule has 0 aliphatic rings. The fourth-order valence-electron chi connectivity index (χ4n) is 3.26. The van der Waals surface area contributed by atoms with Crippen LogP contribution in [0.1, 0.15) is 44.2 Å². The van der Waals surface area contributed by atoms with Crippen molar-refractivity contribution in [3.05, 3.63) is 59.7 Å². The van der Waals surface area contributed by atoms with E-state index in [1.807, 2.05) is 62.4 Å². The SMILES string of the molecule is CCCCNC(=O)C(CC)N(Cc1cccc(OC)c1)C(=O)COc1ccc(C)cc1. The van der Waals surface area contributed by atoms with Crippen molar-refractivity contribution < 1.29 is 19.1 Å². The van der Waals surface area contributed by atoms with E-state index in [0.29, 0.717) is 31.0 Å². The lowest BCUT2D eigenvalue weighted by Gasteiger charge is -2.30. The van der Waals surface area contributed by atoms with Crippen LogP contribution in [0.15, 0.2) is 48.5 Å². The van der Waals surface area contributed by atoms with Crippen LogP contribution in [-0.2, 0) is 16.1 Å². The second-order valence-electron chi connectivity index (χ2n) is 7.54. The van der Waals surface area contributed by atoms with Crippen LogP contribution in [0.25, 0.3) is 0 Å². The van der Waals surface area contributed by atoms with Gasteiger partial charge >= 0.3 is 0 Å². The summed E-state index contributed by atoms with van der Waals surface area (Å²) < 4.78 is 11.0. The average molecular weight is 427 g/mol. The summed E-state index contributed by atoms with van der Waals surface area (Å²) in [6.45, 7) is 6.75. The van der Waals surface area contributed by atoms with E-state index in [1.54, 1.807) is 12.0 Å². The highest BCUT2D eigenvalue weighted by Gasteiger charge is 2.28. The molecule has 6 nitrogen and oxygen atoms in total. The van der Waals surface area contributed by atoms with Gasteiger partial charge in [0.2, 0.25) is 5.91 Å². The first-order valence-electron chi connectivity index (χ1n) is 10.9. The first kappa shape index (κ1) is 24.3. The first-order chi connectivity index (χ1) is 15.0. The largest absolute Gasteiger partial charge is 0.497 e. The van der Waals surface area contributed by atoms with E-state index in [0.717, 1.165) is 24.0 Å². The minimum Gasteiger partial charge on any atom is -0.497 e. The molecule has 0 heterocycles. The number of hydrogen-bond acceptors (Lipinski definition) is 4. The zero-order valence-corrected chi connectivity index (χ0v) is 19.0. The van der Waals surface area contributed by atoms with E-state index in [9.17, 15) is 9.59 Å². The van der Waals surface area contributed by atoms with Gasteiger partial charge in [0.15, 0.2) is 6.61 Å². The second kappa shape index (κ2) is 12.6. The maximum absolute atomic E-state index is 13.2. The van der Waals surface area contributed by atoms with Gasteiger partial charge in [0.25, 0.3) is 5.91 Å². The number of benzene rings is 2. The molecule has 1 N–H and O–H groups in total. The second-order valence-corrected chi connectivity index (χ2v) is 7.54. The normalized spacial score (nSPS) is 11.5. The van der Waals surface area contributed by atoms with Crippen LogP contribution < -0.4 is 14.8 Å². The number of methoxy groups -OCH3 is 1. The summed E-state index contributed by atoms with van der Waals surface area (Å²) in [5, 5.41) is 2.96. The van der Waals surface area contributed by atoms with E-state index in [2.05, 4.69) is 12.2 Å². The molecule has 31 heavy (non-hydrogen) atoms. The van der Waals surface area contributed by atoms with Gasteiger partial charge in [-0.25, -0.2) is 0 Å². The number of nitrogens with zero attached hydrogens (tertiary/aromatic N) is 1. The summed E-state index contributed by atoms with van der Waals surface area (Å²) in [6, 6.07) is 14.5. The Labute approximate surface area is 185 Å². The third-order valence-electron chi connectivity index (χ3n) is 5.09. The van der Waals surface area contributed by atoms with Crippen LogP contribution >= 0.6 is 0 Å². The fraction of sp³-hybridized carbons (Fsp3) is 0.440. The summed E-state index contributed by atoms with van der Waals surface area (Å²) in [5.41, 5.74) is 2.01. The molecule has 0 fully saturated rings. The van der Waals surface area contributed by atoms with Crippen molar-refractivity contribution >= 4 is 11.8 Å². The summed E-state index contributed by atoms with van der Waals surface area (Å²) in [5.74, 6) is 0.963. The van der Waals surface area contributed by atoms with Crippen LogP contribution in [0.5, 0.6) is 11.5 Å². The number of ether oxygens (including phenoxy) is 2. The quantitative estimate of drug-likeness (QED) is 0.519. The number of carbonyl (C=O) groups excluding carboxylic acids is 2. The Kier molecular flexibility index (Phi) is 9.88. The number of hydrogen-bond donors (Lipinski definition) is 1. The molecule has 0 aromatic heterocycles. The maximum atomic E-state index is 13.2. The molecule has 6 heteroatoms. The molecule has 0 bridgehead atoms.